The van der Waals surface area contributed by atoms with Crippen molar-refractivity contribution in [2.24, 2.45) is 0 Å². The van der Waals surface area contributed by atoms with Crippen LogP contribution in [0.4, 0.5) is 0 Å². The summed E-state index contributed by atoms with van der Waals surface area (Å²) in [7, 11) is 1.46. The summed E-state index contributed by atoms with van der Waals surface area (Å²) in [5.74, 6) is -0.162. The average Bonchev–Trinajstić information content (AvgIpc) is 3.25. The molecule has 0 spiro atoms. The van der Waals surface area contributed by atoms with Gasteiger partial charge in [0.1, 0.15) is 5.54 Å². The van der Waals surface area contributed by atoms with Gasteiger partial charge in [-0.1, -0.05) is 6.92 Å². The van der Waals surface area contributed by atoms with Crippen LogP contribution in [0.1, 0.15) is 40.0 Å². The molecule has 0 saturated heterocycles. The van der Waals surface area contributed by atoms with Crippen molar-refractivity contribution in [3.05, 3.63) is 0 Å². The van der Waals surface area contributed by atoms with Gasteiger partial charge >= 0.3 is 5.97 Å². The Balaban J connectivity index is 2.44. The monoisotopic (exact) mass is 286 g/mol. The van der Waals surface area contributed by atoms with Crippen molar-refractivity contribution in [3.63, 3.8) is 0 Å². The first kappa shape index (κ1) is 17.4. The zero-order chi connectivity index (χ0) is 15.0. The van der Waals surface area contributed by atoms with Gasteiger partial charge < -0.3 is 14.4 Å². The summed E-state index contributed by atoms with van der Waals surface area (Å²) in [6, 6.07) is 0.484. The molecule has 1 aliphatic rings. The Morgan fingerprint density at radius 3 is 2.55 bits per heavy atom. The molecular weight excluding hydrogens is 256 g/mol. The van der Waals surface area contributed by atoms with E-state index < -0.39 is 5.54 Å². The fourth-order valence-corrected chi connectivity index (χ4v) is 2.28. The van der Waals surface area contributed by atoms with Crippen LogP contribution in [0.15, 0.2) is 0 Å². The zero-order valence-electron chi connectivity index (χ0n) is 13.4. The highest BCUT2D eigenvalue weighted by atomic mass is 16.5. The second kappa shape index (κ2) is 8.60. The van der Waals surface area contributed by atoms with Crippen LogP contribution < -0.4 is 5.32 Å². The minimum absolute atomic E-state index is 0.162. The van der Waals surface area contributed by atoms with Crippen molar-refractivity contribution >= 4 is 5.97 Å². The number of ether oxygens (including phenoxy) is 2. The van der Waals surface area contributed by atoms with Crippen LogP contribution in [0.25, 0.3) is 0 Å². The maximum absolute atomic E-state index is 12.0. The molecule has 118 valence electrons. The number of rotatable bonds is 11. The van der Waals surface area contributed by atoms with Gasteiger partial charge in [0.15, 0.2) is 0 Å². The van der Waals surface area contributed by atoms with Crippen LogP contribution in [-0.2, 0) is 14.3 Å². The fourth-order valence-electron chi connectivity index (χ4n) is 2.28. The smallest absolute Gasteiger partial charge is 0.325 e. The molecule has 0 aliphatic heterocycles. The Hall–Kier alpha value is -0.650. The normalized spacial score (nSPS) is 18.1. The van der Waals surface area contributed by atoms with Crippen molar-refractivity contribution in [1.29, 1.82) is 0 Å². The molecule has 1 saturated carbocycles. The third-order valence-electron chi connectivity index (χ3n) is 3.87. The van der Waals surface area contributed by atoms with Crippen molar-refractivity contribution in [3.8, 4) is 0 Å². The van der Waals surface area contributed by atoms with Crippen molar-refractivity contribution in [2.45, 2.75) is 51.6 Å². The van der Waals surface area contributed by atoms with Crippen LogP contribution in [0.2, 0.25) is 0 Å². The fraction of sp³-hybridized carbons (Fsp3) is 0.933. The first-order chi connectivity index (χ1) is 9.55. The SMILES string of the molecule is CCOCCN(CC)CCC(C)(NC1CC1)C(=O)OC. The number of hydrogen-bond donors (Lipinski definition) is 1. The maximum atomic E-state index is 12.0. The quantitative estimate of drug-likeness (QED) is 0.460. The van der Waals surface area contributed by atoms with Crippen molar-refractivity contribution in [1.82, 2.24) is 10.2 Å². The summed E-state index contributed by atoms with van der Waals surface area (Å²) >= 11 is 0. The van der Waals surface area contributed by atoms with E-state index in [1.807, 2.05) is 13.8 Å². The van der Waals surface area contributed by atoms with Gasteiger partial charge in [-0.2, -0.15) is 0 Å². The van der Waals surface area contributed by atoms with Gasteiger partial charge in [-0.05, 0) is 39.7 Å². The number of hydrogen-bond acceptors (Lipinski definition) is 5. The van der Waals surface area contributed by atoms with Gasteiger partial charge in [0.2, 0.25) is 0 Å². The topological polar surface area (TPSA) is 50.8 Å². The number of methoxy groups -OCH3 is 1. The van der Waals surface area contributed by atoms with Crippen molar-refractivity contribution < 1.29 is 14.3 Å². The predicted octanol–water partition coefficient (Wildman–Crippen LogP) is 1.42. The van der Waals surface area contributed by atoms with Crippen LogP contribution in [-0.4, -0.2) is 62.4 Å². The van der Waals surface area contributed by atoms with E-state index in [0.29, 0.717) is 6.04 Å². The lowest BCUT2D eigenvalue weighted by molar-refractivity contribution is -0.148. The van der Waals surface area contributed by atoms with Gasteiger partial charge in [-0.3, -0.25) is 10.1 Å². The van der Waals surface area contributed by atoms with Crippen LogP contribution in [0, 0.1) is 0 Å². The summed E-state index contributed by atoms with van der Waals surface area (Å²) in [5, 5.41) is 3.43. The summed E-state index contributed by atoms with van der Waals surface area (Å²) in [4.78, 5) is 14.3. The van der Waals surface area contributed by atoms with E-state index in [9.17, 15) is 4.79 Å². The highest BCUT2D eigenvalue weighted by Gasteiger charge is 2.39. The number of carbonyl (C=O) groups is 1. The molecular formula is C15H30N2O3. The highest BCUT2D eigenvalue weighted by molar-refractivity contribution is 5.80. The predicted molar refractivity (Wildman–Crippen MR) is 79.8 cm³/mol. The van der Waals surface area contributed by atoms with Gasteiger partial charge in [0.05, 0.1) is 13.7 Å². The molecule has 1 rings (SSSR count). The minimum Gasteiger partial charge on any atom is -0.468 e. The van der Waals surface area contributed by atoms with Crippen LogP contribution in [0.5, 0.6) is 0 Å². The first-order valence-electron chi connectivity index (χ1n) is 7.72. The summed E-state index contributed by atoms with van der Waals surface area (Å²) in [5.41, 5.74) is -0.574. The number of likely N-dealkylation sites (N-methyl/N-ethyl adjacent to an activating group) is 1. The minimum atomic E-state index is -0.574. The number of esters is 1. The Labute approximate surface area is 123 Å². The van der Waals surface area contributed by atoms with E-state index in [-0.39, 0.29) is 5.97 Å². The van der Waals surface area contributed by atoms with E-state index >= 15 is 0 Å². The maximum Gasteiger partial charge on any atom is 0.325 e. The lowest BCUT2D eigenvalue weighted by Gasteiger charge is -2.31. The van der Waals surface area contributed by atoms with E-state index in [4.69, 9.17) is 9.47 Å². The summed E-state index contributed by atoms with van der Waals surface area (Å²) in [6.07, 6.45) is 3.08. The first-order valence-corrected chi connectivity index (χ1v) is 7.72. The molecule has 1 atom stereocenters. The standard InChI is InChI=1S/C15H30N2O3/c1-5-17(11-12-20-6-2)10-9-15(3,14(18)19-4)16-13-7-8-13/h13,16H,5-12H2,1-4H3. The highest BCUT2D eigenvalue weighted by Crippen LogP contribution is 2.25. The zero-order valence-corrected chi connectivity index (χ0v) is 13.4. The molecule has 0 radical (unpaired) electrons. The second-order valence-corrected chi connectivity index (χ2v) is 5.62. The Morgan fingerprint density at radius 2 is 2.05 bits per heavy atom. The molecule has 0 aromatic carbocycles. The van der Waals surface area contributed by atoms with Gasteiger partial charge in [-0.15, -0.1) is 0 Å². The molecule has 0 amide bonds. The third-order valence-corrected chi connectivity index (χ3v) is 3.87. The Bertz CT molecular complexity index is 295. The molecule has 1 fully saturated rings. The molecule has 0 heterocycles. The Kier molecular flexibility index (Phi) is 7.48. The van der Waals surface area contributed by atoms with Crippen LogP contribution in [0.3, 0.4) is 0 Å². The third kappa shape index (κ3) is 5.77. The number of nitrogens with one attached hydrogen (secondary N) is 1. The molecule has 5 nitrogen and oxygen atoms in total. The van der Waals surface area contributed by atoms with Crippen LogP contribution >= 0.6 is 0 Å². The van der Waals surface area contributed by atoms with E-state index in [1.54, 1.807) is 0 Å². The van der Waals surface area contributed by atoms with E-state index in [0.717, 1.165) is 52.1 Å². The lowest BCUT2D eigenvalue weighted by Crippen LogP contribution is -2.53. The van der Waals surface area contributed by atoms with E-state index in [2.05, 4.69) is 17.1 Å². The van der Waals surface area contributed by atoms with Gasteiger partial charge in [0, 0.05) is 25.7 Å². The number of nitrogens with zero attached hydrogens (tertiary/aromatic N) is 1. The molecule has 5 heteroatoms. The van der Waals surface area contributed by atoms with Gasteiger partial charge in [-0.25, -0.2) is 0 Å². The van der Waals surface area contributed by atoms with Gasteiger partial charge in [0.25, 0.3) is 0 Å². The molecule has 1 aliphatic carbocycles. The molecule has 0 bridgehead atoms. The second-order valence-electron chi connectivity index (χ2n) is 5.62. The van der Waals surface area contributed by atoms with E-state index in [1.165, 1.54) is 7.11 Å². The summed E-state index contributed by atoms with van der Waals surface area (Å²) < 4.78 is 10.4. The molecule has 0 aromatic rings. The number of carbonyl (C=O) groups excluding carboxylic acids is 1. The largest absolute Gasteiger partial charge is 0.468 e. The molecule has 20 heavy (non-hydrogen) atoms. The van der Waals surface area contributed by atoms with Crippen molar-refractivity contribution in [2.75, 3.05) is 40.0 Å². The average molecular weight is 286 g/mol. The summed E-state index contributed by atoms with van der Waals surface area (Å²) in [6.45, 7) is 10.3. The lowest BCUT2D eigenvalue weighted by atomic mass is 9.97. The molecule has 0 aromatic heterocycles. The Morgan fingerprint density at radius 1 is 1.35 bits per heavy atom. The molecule has 1 N–H and O–H groups in total. The molecule has 1 unspecified atom stereocenters.